The van der Waals surface area contributed by atoms with Gasteiger partial charge in [0, 0.05) is 31.5 Å². The van der Waals surface area contributed by atoms with Crippen molar-refractivity contribution in [1.29, 1.82) is 0 Å². The zero-order chi connectivity index (χ0) is 31.6. The van der Waals surface area contributed by atoms with Gasteiger partial charge in [-0.1, -0.05) is 140 Å². The maximum atomic E-state index is 2.48. The Bertz CT molecular complexity index is 2730. The zero-order valence-electron chi connectivity index (χ0n) is 26.1. The Kier molecular flexibility index (Phi) is 6.12. The second-order valence-corrected chi connectivity index (χ2v) is 13.6. The predicted octanol–water partition coefficient (Wildman–Crippen LogP) is 13.8. The van der Waals surface area contributed by atoms with Gasteiger partial charge in [-0.2, -0.15) is 0 Å². The van der Waals surface area contributed by atoms with Crippen molar-refractivity contribution in [2.75, 3.05) is 4.90 Å². The molecule has 0 atom stereocenters. The third kappa shape index (κ3) is 4.24. The molecular weight excluding hydrogens is 599 g/mol. The number of rotatable bonds is 4. The summed E-state index contributed by atoms with van der Waals surface area (Å²) in [4.78, 5) is 2.48. The molecule has 0 saturated heterocycles. The molecule has 1 nitrogen and oxygen atoms in total. The fourth-order valence-corrected chi connectivity index (χ4v) is 8.79. The van der Waals surface area contributed by atoms with Gasteiger partial charge in [0.2, 0.25) is 0 Å². The molecule has 0 fully saturated rings. The van der Waals surface area contributed by atoms with E-state index < -0.39 is 0 Å². The molecule has 10 rings (SSSR count). The van der Waals surface area contributed by atoms with Crippen molar-refractivity contribution in [2.45, 2.75) is 0 Å². The molecule has 0 aliphatic carbocycles. The van der Waals surface area contributed by atoms with Gasteiger partial charge >= 0.3 is 0 Å². The molecule has 0 aliphatic rings. The van der Waals surface area contributed by atoms with Crippen LogP contribution in [0.15, 0.2) is 176 Å². The minimum atomic E-state index is 1.14. The van der Waals surface area contributed by atoms with Crippen molar-refractivity contribution in [3.8, 4) is 11.1 Å². The summed E-state index contributed by atoms with van der Waals surface area (Å²) in [6.07, 6.45) is 0. The van der Waals surface area contributed by atoms with Crippen LogP contribution in [0.4, 0.5) is 17.1 Å². The van der Waals surface area contributed by atoms with Gasteiger partial charge in [-0.3, -0.25) is 0 Å². The van der Waals surface area contributed by atoms with E-state index in [4.69, 9.17) is 0 Å². The van der Waals surface area contributed by atoms with Gasteiger partial charge in [0.25, 0.3) is 0 Å². The smallest absolute Gasteiger partial charge is 0.0555 e. The van der Waals surface area contributed by atoms with Crippen LogP contribution < -0.4 is 4.90 Å². The Labute approximate surface area is 282 Å². The Morgan fingerprint density at radius 1 is 0.375 bits per heavy atom. The molecule has 224 valence electrons. The van der Waals surface area contributed by atoms with Gasteiger partial charge < -0.3 is 4.90 Å². The predicted molar refractivity (Wildman–Crippen MR) is 209 cm³/mol. The minimum Gasteiger partial charge on any atom is -0.310 e. The van der Waals surface area contributed by atoms with Gasteiger partial charge in [-0.15, -0.1) is 11.3 Å². The first kappa shape index (κ1) is 27.2. The molecule has 0 N–H and O–H groups in total. The fraction of sp³-hybridized carbons (Fsp3) is 0. The first-order chi connectivity index (χ1) is 23.8. The molecule has 0 amide bonds. The Hall–Kier alpha value is -5.96. The number of hydrogen-bond donors (Lipinski definition) is 0. The summed E-state index contributed by atoms with van der Waals surface area (Å²) in [5.41, 5.74) is 5.97. The zero-order valence-corrected chi connectivity index (χ0v) is 26.9. The van der Waals surface area contributed by atoms with Crippen LogP contribution in [-0.4, -0.2) is 0 Å². The summed E-state index contributed by atoms with van der Waals surface area (Å²) in [6.45, 7) is 0. The van der Waals surface area contributed by atoms with Gasteiger partial charge in [0.1, 0.15) is 0 Å². The summed E-state index contributed by atoms with van der Waals surface area (Å²) in [5.74, 6) is 0. The van der Waals surface area contributed by atoms with E-state index in [0.29, 0.717) is 0 Å². The van der Waals surface area contributed by atoms with Crippen molar-refractivity contribution in [3.63, 3.8) is 0 Å². The summed E-state index contributed by atoms with van der Waals surface area (Å²) in [5, 5.41) is 12.6. The molecule has 0 spiro atoms. The number of fused-ring (bicyclic) bond motifs is 9. The molecule has 1 aromatic heterocycles. The molecule has 1 heterocycles. The lowest BCUT2D eigenvalue weighted by atomic mass is 9.98. The fourth-order valence-electron chi connectivity index (χ4n) is 7.53. The molecule has 0 radical (unpaired) electrons. The number of nitrogens with zero attached hydrogens (tertiary/aromatic N) is 1. The average molecular weight is 628 g/mol. The standard InChI is InChI=1S/C46H29NS/c1-2-10-30(11-3-1)39-26-27-43(45-40-16-8-9-17-44(40)48-46(39)45)47(35-24-22-33-20-18-31-12-4-6-14-37(31)41(33)28-35)36-25-23-34-21-19-32-13-5-7-15-38(32)42(34)29-36/h1-29H. The van der Waals surface area contributed by atoms with Gasteiger partial charge in [-0.25, -0.2) is 0 Å². The van der Waals surface area contributed by atoms with E-state index in [0.717, 1.165) is 11.4 Å². The highest BCUT2D eigenvalue weighted by Crippen LogP contribution is 2.49. The van der Waals surface area contributed by atoms with Gasteiger partial charge in [0.05, 0.1) is 5.69 Å². The third-order valence-corrected chi connectivity index (χ3v) is 11.0. The number of benzene rings is 9. The van der Waals surface area contributed by atoms with Crippen molar-refractivity contribution in [1.82, 2.24) is 0 Å². The van der Waals surface area contributed by atoms with Crippen molar-refractivity contribution < 1.29 is 0 Å². The summed E-state index contributed by atoms with van der Waals surface area (Å²) < 4.78 is 2.61. The second-order valence-electron chi connectivity index (χ2n) is 12.5. The summed E-state index contributed by atoms with van der Waals surface area (Å²) in [7, 11) is 0. The molecule has 2 heteroatoms. The van der Waals surface area contributed by atoms with E-state index in [1.807, 2.05) is 11.3 Å². The second kappa shape index (κ2) is 10.8. The van der Waals surface area contributed by atoms with E-state index in [-0.39, 0.29) is 0 Å². The lowest BCUT2D eigenvalue weighted by Gasteiger charge is -2.28. The molecule has 0 aliphatic heterocycles. The molecule has 9 aromatic carbocycles. The van der Waals surface area contributed by atoms with Crippen LogP contribution in [0.2, 0.25) is 0 Å². The van der Waals surface area contributed by atoms with Crippen LogP contribution in [0.3, 0.4) is 0 Å². The van der Waals surface area contributed by atoms with E-state index in [2.05, 4.69) is 181 Å². The SMILES string of the molecule is c1ccc(-c2ccc(N(c3ccc4ccc5ccccc5c4c3)c3ccc4ccc5ccccc5c4c3)c3c2sc2ccccc23)cc1. The van der Waals surface area contributed by atoms with E-state index in [1.165, 1.54) is 80.1 Å². The molecule has 0 saturated carbocycles. The van der Waals surface area contributed by atoms with Crippen LogP contribution in [0, 0.1) is 0 Å². The van der Waals surface area contributed by atoms with Crippen molar-refractivity contribution in [3.05, 3.63) is 176 Å². The monoisotopic (exact) mass is 627 g/mol. The van der Waals surface area contributed by atoms with E-state index in [9.17, 15) is 0 Å². The summed E-state index contributed by atoms with van der Waals surface area (Å²) >= 11 is 1.89. The van der Waals surface area contributed by atoms with E-state index in [1.54, 1.807) is 0 Å². The van der Waals surface area contributed by atoms with Gasteiger partial charge in [-0.05, 0) is 90.6 Å². The highest BCUT2D eigenvalue weighted by atomic mass is 32.1. The number of thiophene rings is 1. The highest BCUT2D eigenvalue weighted by Gasteiger charge is 2.22. The van der Waals surface area contributed by atoms with Crippen LogP contribution in [0.5, 0.6) is 0 Å². The Morgan fingerprint density at radius 3 is 1.50 bits per heavy atom. The lowest BCUT2D eigenvalue weighted by molar-refractivity contribution is 1.31. The third-order valence-electron chi connectivity index (χ3n) is 9.81. The molecule has 10 aromatic rings. The largest absolute Gasteiger partial charge is 0.310 e. The molecule has 0 bridgehead atoms. The first-order valence-electron chi connectivity index (χ1n) is 16.4. The topological polar surface area (TPSA) is 3.24 Å². The summed E-state index contributed by atoms with van der Waals surface area (Å²) in [6, 6.07) is 64.6. The number of anilines is 3. The van der Waals surface area contributed by atoms with Crippen molar-refractivity contribution >= 4 is 91.7 Å². The number of hydrogen-bond acceptors (Lipinski definition) is 2. The van der Waals surface area contributed by atoms with Crippen LogP contribution in [-0.2, 0) is 0 Å². The molecular formula is C46H29NS. The maximum absolute atomic E-state index is 2.48. The molecule has 0 unspecified atom stereocenters. The van der Waals surface area contributed by atoms with Crippen LogP contribution in [0.25, 0.3) is 74.4 Å². The first-order valence-corrected chi connectivity index (χ1v) is 17.2. The maximum Gasteiger partial charge on any atom is 0.0555 e. The quantitative estimate of drug-likeness (QED) is 0.176. The molecule has 48 heavy (non-hydrogen) atoms. The van der Waals surface area contributed by atoms with Crippen LogP contribution in [0.1, 0.15) is 0 Å². The van der Waals surface area contributed by atoms with Crippen LogP contribution >= 0.6 is 11.3 Å². The average Bonchev–Trinajstić information content (AvgIpc) is 3.55. The van der Waals surface area contributed by atoms with Gasteiger partial charge in [0.15, 0.2) is 0 Å². The lowest BCUT2D eigenvalue weighted by Crippen LogP contribution is -2.10. The highest BCUT2D eigenvalue weighted by molar-refractivity contribution is 7.26. The minimum absolute atomic E-state index is 1.14. The van der Waals surface area contributed by atoms with E-state index >= 15 is 0 Å². The normalized spacial score (nSPS) is 11.8. The Morgan fingerprint density at radius 2 is 0.875 bits per heavy atom. The van der Waals surface area contributed by atoms with Crippen molar-refractivity contribution in [2.24, 2.45) is 0 Å². The Balaban J connectivity index is 1.31.